The average molecular weight is 263 g/mol. The fourth-order valence-corrected chi connectivity index (χ4v) is 1.25. The molecule has 4 N–H and O–H groups in total. The topological polar surface area (TPSA) is 124 Å². The Morgan fingerprint density at radius 3 is 1.18 bits per heavy atom. The standard InChI is InChI=1S/Co.Mg.H4O7P2.2H/c;;1-8(2,3)7-9(4,5)6;;/h;;(H2,1,2,3)(H2,4,5,6);;/q;+2;;2*-1. The molecule has 0 saturated carbocycles. The molecule has 0 saturated heterocycles. The minimum atomic E-state index is -5.05. The maximum atomic E-state index is 9.63. The molecule has 0 amide bonds. The maximum Gasteiger partial charge on any atom is 2.00 e. The molecule has 0 unspecified atom stereocenters. The molecule has 7 nitrogen and oxygen atoms in total. The summed E-state index contributed by atoms with van der Waals surface area (Å²) in [6.07, 6.45) is 0. The molecule has 0 aliphatic heterocycles. The van der Waals surface area contributed by atoms with Gasteiger partial charge >= 0.3 is 38.7 Å². The Morgan fingerprint density at radius 2 is 1.18 bits per heavy atom. The van der Waals surface area contributed by atoms with Gasteiger partial charge in [0.2, 0.25) is 0 Å². The fourth-order valence-electron chi connectivity index (χ4n) is 0.139. The predicted octanol–water partition coefficient (Wildman–Crippen LogP) is -0.970. The van der Waals surface area contributed by atoms with E-state index in [-0.39, 0.29) is 42.7 Å². The van der Waals surface area contributed by atoms with Crippen LogP contribution in [0.4, 0.5) is 0 Å². The first-order valence-electron chi connectivity index (χ1n) is 1.53. The molecule has 0 aromatic heterocycles. The minimum absolute atomic E-state index is 0. The van der Waals surface area contributed by atoms with E-state index in [2.05, 4.69) is 4.31 Å². The number of phosphoric acid groups is 2. The van der Waals surface area contributed by atoms with Crippen LogP contribution in [-0.2, 0) is 30.2 Å². The van der Waals surface area contributed by atoms with Crippen LogP contribution in [0.15, 0.2) is 0 Å². The molecule has 0 fully saturated rings. The second-order valence-electron chi connectivity index (χ2n) is 1.06. The van der Waals surface area contributed by atoms with Crippen molar-refractivity contribution in [3.63, 3.8) is 0 Å². The third-order valence-corrected chi connectivity index (χ3v) is 1.91. The van der Waals surface area contributed by atoms with Gasteiger partial charge in [0.15, 0.2) is 0 Å². The monoisotopic (exact) mass is 263 g/mol. The first-order chi connectivity index (χ1) is 3.71. The fraction of sp³-hybridized carbons (Fsp3) is 0. The Balaban J connectivity index is -0.0000000533. The Hall–Kier alpha value is 1.53. The summed E-state index contributed by atoms with van der Waals surface area (Å²) in [4.78, 5) is 31.0. The third kappa shape index (κ3) is 18.5. The van der Waals surface area contributed by atoms with E-state index < -0.39 is 15.6 Å². The third-order valence-electron chi connectivity index (χ3n) is 0.213. The quantitative estimate of drug-likeness (QED) is 0.373. The predicted molar refractivity (Wildman–Crippen MR) is 33.2 cm³/mol. The molecule has 0 aromatic carbocycles. The van der Waals surface area contributed by atoms with E-state index in [4.69, 9.17) is 19.6 Å². The molecule has 0 bridgehead atoms. The van der Waals surface area contributed by atoms with Crippen LogP contribution in [0.1, 0.15) is 2.85 Å². The van der Waals surface area contributed by atoms with E-state index in [1.165, 1.54) is 0 Å². The van der Waals surface area contributed by atoms with Gasteiger partial charge in [-0.3, -0.25) is 0 Å². The maximum absolute atomic E-state index is 9.63. The Morgan fingerprint density at radius 1 is 1.00 bits per heavy atom. The van der Waals surface area contributed by atoms with E-state index in [0.717, 1.165) is 0 Å². The molecule has 11 heavy (non-hydrogen) atoms. The summed E-state index contributed by atoms with van der Waals surface area (Å²) in [5.74, 6) is 0. The SMILES string of the molecule is O=P(O)(O)OP(=O)(O)O.[Co].[H-].[H-].[Mg+2]. The minimum Gasteiger partial charge on any atom is -1.00 e. The molecule has 0 aromatic rings. The zero-order valence-electron chi connectivity index (χ0n) is 6.95. The van der Waals surface area contributed by atoms with Crippen LogP contribution in [0, 0.1) is 0 Å². The Bertz CT molecular complexity index is 165. The van der Waals surface area contributed by atoms with Gasteiger partial charge in [0, 0.05) is 16.8 Å². The van der Waals surface area contributed by atoms with Gasteiger partial charge in [-0.1, -0.05) is 0 Å². The number of hydrogen-bond acceptors (Lipinski definition) is 3. The summed E-state index contributed by atoms with van der Waals surface area (Å²) in [5.41, 5.74) is 0. The molecule has 69 valence electrons. The van der Waals surface area contributed by atoms with E-state index >= 15 is 0 Å². The summed E-state index contributed by atoms with van der Waals surface area (Å²) >= 11 is 0. The van der Waals surface area contributed by atoms with Crippen LogP contribution in [0.3, 0.4) is 0 Å². The second kappa shape index (κ2) is 6.06. The summed E-state index contributed by atoms with van der Waals surface area (Å²) in [6.45, 7) is 0. The van der Waals surface area contributed by atoms with Crippen molar-refractivity contribution in [3.8, 4) is 0 Å². The van der Waals surface area contributed by atoms with Gasteiger partial charge in [-0.25, -0.2) is 9.13 Å². The molecular formula is H6CoMgO7P2. The smallest absolute Gasteiger partial charge is 1.00 e. The summed E-state index contributed by atoms with van der Waals surface area (Å²) in [7, 11) is -10.1. The van der Waals surface area contributed by atoms with Crippen LogP contribution in [0.2, 0.25) is 0 Å². The van der Waals surface area contributed by atoms with Crippen LogP contribution in [0.5, 0.6) is 0 Å². The molecule has 0 atom stereocenters. The van der Waals surface area contributed by atoms with Crippen molar-refractivity contribution < 1.29 is 52.6 Å². The second-order valence-corrected chi connectivity index (χ2v) is 3.68. The number of rotatable bonds is 2. The molecule has 1 radical (unpaired) electrons. The first kappa shape index (κ1) is 18.3. The van der Waals surface area contributed by atoms with Crippen LogP contribution in [-0.4, -0.2) is 42.6 Å². The summed E-state index contributed by atoms with van der Waals surface area (Å²) in [6, 6.07) is 0. The van der Waals surface area contributed by atoms with E-state index in [1.54, 1.807) is 0 Å². The molecular weight excluding hydrogens is 257 g/mol. The van der Waals surface area contributed by atoms with Crippen molar-refractivity contribution >= 4 is 38.7 Å². The van der Waals surface area contributed by atoms with Crippen molar-refractivity contribution in [2.24, 2.45) is 0 Å². The van der Waals surface area contributed by atoms with Crippen LogP contribution < -0.4 is 0 Å². The van der Waals surface area contributed by atoms with Crippen LogP contribution >= 0.6 is 15.6 Å². The summed E-state index contributed by atoms with van der Waals surface area (Å²) < 4.78 is 22.2. The van der Waals surface area contributed by atoms with Crippen molar-refractivity contribution in [2.75, 3.05) is 0 Å². The van der Waals surface area contributed by atoms with E-state index in [9.17, 15) is 9.13 Å². The van der Waals surface area contributed by atoms with Gasteiger partial charge in [-0.2, -0.15) is 4.31 Å². The average Bonchev–Trinajstić information content (AvgIpc) is 1.14. The number of hydrogen-bond donors (Lipinski definition) is 4. The van der Waals surface area contributed by atoms with Crippen molar-refractivity contribution in [1.29, 1.82) is 0 Å². The molecule has 0 spiro atoms. The van der Waals surface area contributed by atoms with Gasteiger partial charge < -0.3 is 22.4 Å². The summed E-state index contributed by atoms with van der Waals surface area (Å²) in [5, 5.41) is 0. The normalized spacial score (nSPS) is 11.3. The molecule has 0 aliphatic rings. The Kier molecular flexibility index (Phi) is 10.1. The van der Waals surface area contributed by atoms with Crippen molar-refractivity contribution in [1.82, 2.24) is 0 Å². The van der Waals surface area contributed by atoms with Crippen molar-refractivity contribution in [2.45, 2.75) is 0 Å². The van der Waals surface area contributed by atoms with Gasteiger partial charge in [0.25, 0.3) is 0 Å². The zero-order valence-corrected chi connectivity index (χ0v) is 9.19. The van der Waals surface area contributed by atoms with E-state index in [1.807, 2.05) is 0 Å². The zero-order chi connectivity index (χ0) is 7.71. The van der Waals surface area contributed by atoms with Gasteiger partial charge in [-0.15, -0.1) is 0 Å². The van der Waals surface area contributed by atoms with E-state index in [0.29, 0.717) is 0 Å². The van der Waals surface area contributed by atoms with Crippen molar-refractivity contribution in [3.05, 3.63) is 0 Å². The van der Waals surface area contributed by atoms with Gasteiger partial charge in [-0.05, 0) is 0 Å². The first-order valence-corrected chi connectivity index (χ1v) is 4.59. The molecule has 0 aliphatic carbocycles. The van der Waals surface area contributed by atoms with Gasteiger partial charge in [0.05, 0.1) is 0 Å². The Labute approximate surface area is 91.3 Å². The van der Waals surface area contributed by atoms with Gasteiger partial charge in [0.1, 0.15) is 0 Å². The molecule has 0 rings (SSSR count). The molecule has 0 heterocycles. The largest absolute Gasteiger partial charge is 2.00 e. The van der Waals surface area contributed by atoms with Crippen LogP contribution in [0.25, 0.3) is 0 Å². The molecule has 11 heteroatoms.